The van der Waals surface area contributed by atoms with Crippen molar-refractivity contribution >= 4 is 21.8 Å². The Balaban J connectivity index is 1.73. The first-order chi connectivity index (χ1) is 14.7. The van der Waals surface area contributed by atoms with Gasteiger partial charge in [0.05, 0.1) is 24.1 Å². The number of nitrogens with zero attached hydrogens (tertiary/aromatic N) is 5. The fourth-order valence-electron chi connectivity index (χ4n) is 4.08. The Kier molecular flexibility index (Phi) is 4.03. The van der Waals surface area contributed by atoms with Crippen molar-refractivity contribution in [3.63, 3.8) is 0 Å². The van der Waals surface area contributed by atoms with Crippen LogP contribution in [0.3, 0.4) is 0 Å². The SMILES string of the molecule is Cn1cc(-n2ncc3cc(C(O)(c4cn(C)c5ccccc45)C(F)(F)F)ccc32)cn1. The Morgan fingerprint density at radius 2 is 1.68 bits per heavy atom. The van der Waals surface area contributed by atoms with Crippen LogP contribution < -0.4 is 0 Å². The van der Waals surface area contributed by atoms with Gasteiger partial charge in [0.15, 0.2) is 0 Å². The van der Waals surface area contributed by atoms with Crippen LogP contribution in [0.2, 0.25) is 0 Å². The quantitative estimate of drug-likeness (QED) is 0.475. The van der Waals surface area contributed by atoms with E-state index < -0.39 is 11.8 Å². The molecule has 0 aliphatic heterocycles. The van der Waals surface area contributed by atoms with Gasteiger partial charge in [0.1, 0.15) is 5.69 Å². The van der Waals surface area contributed by atoms with Crippen LogP contribution in [0.4, 0.5) is 13.2 Å². The monoisotopic (exact) mass is 425 g/mol. The summed E-state index contributed by atoms with van der Waals surface area (Å²) in [4.78, 5) is 0. The summed E-state index contributed by atoms with van der Waals surface area (Å²) in [5, 5.41) is 20.4. The van der Waals surface area contributed by atoms with Gasteiger partial charge in [-0.3, -0.25) is 4.68 Å². The molecule has 3 aromatic heterocycles. The smallest absolute Gasteiger partial charge is 0.372 e. The molecule has 1 unspecified atom stereocenters. The average molecular weight is 425 g/mol. The van der Waals surface area contributed by atoms with Crippen LogP contribution in [-0.2, 0) is 19.7 Å². The third-order valence-corrected chi connectivity index (χ3v) is 5.62. The van der Waals surface area contributed by atoms with Crippen molar-refractivity contribution in [2.24, 2.45) is 14.1 Å². The predicted molar refractivity (Wildman–Crippen MR) is 110 cm³/mol. The van der Waals surface area contributed by atoms with Gasteiger partial charge in [0.2, 0.25) is 5.60 Å². The van der Waals surface area contributed by atoms with Gasteiger partial charge in [0.25, 0.3) is 0 Å². The third-order valence-electron chi connectivity index (χ3n) is 5.62. The van der Waals surface area contributed by atoms with Crippen LogP contribution in [0.5, 0.6) is 0 Å². The molecule has 0 aliphatic rings. The van der Waals surface area contributed by atoms with Gasteiger partial charge in [-0.25, -0.2) is 4.68 Å². The van der Waals surface area contributed by atoms with E-state index in [-0.39, 0.29) is 11.1 Å². The zero-order valence-electron chi connectivity index (χ0n) is 16.7. The van der Waals surface area contributed by atoms with Crippen LogP contribution in [0, 0.1) is 0 Å². The fourth-order valence-corrected chi connectivity index (χ4v) is 4.08. The Hall–Kier alpha value is -3.59. The van der Waals surface area contributed by atoms with Gasteiger partial charge in [-0.1, -0.05) is 24.3 Å². The van der Waals surface area contributed by atoms with E-state index in [1.807, 2.05) is 0 Å². The Bertz CT molecular complexity index is 1430. The number of alkyl halides is 3. The maximum absolute atomic E-state index is 14.4. The van der Waals surface area contributed by atoms with E-state index in [0.29, 0.717) is 27.5 Å². The number of hydrogen-bond acceptors (Lipinski definition) is 3. The van der Waals surface area contributed by atoms with Gasteiger partial charge in [-0.15, -0.1) is 0 Å². The lowest BCUT2D eigenvalue weighted by Gasteiger charge is -2.31. The van der Waals surface area contributed by atoms with Gasteiger partial charge in [-0.05, 0) is 23.8 Å². The number of aliphatic hydroxyl groups is 1. The molecule has 5 rings (SSSR count). The van der Waals surface area contributed by atoms with E-state index in [1.165, 1.54) is 30.6 Å². The molecule has 0 fully saturated rings. The van der Waals surface area contributed by atoms with Crippen LogP contribution in [-0.4, -0.2) is 35.4 Å². The molecular weight excluding hydrogens is 407 g/mol. The summed E-state index contributed by atoms with van der Waals surface area (Å²) in [5.41, 5.74) is -1.76. The minimum Gasteiger partial charge on any atom is -0.372 e. The fraction of sp³-hybridized carbons (Fsp3) is 0.182. The van der Waals surface area contributed by atoms with Crippen molar-refractivity contribution < 1.29 is 18.3 Å². The molecule has 0 bridgehead atoms. The highest BCUT2D eigenvalue weighted by molar-refractivity contribution is 5.86. The summed E-state index contributed by atoms with van der Waals surface area (Å²) >= 11 is 0. The van der Waals surface area contributed by atoms with E-state index in [1.54, 1.807) is 64.7 Å². The van der Waals surface area contributed by atoms with Crippen LogP contribution in [0.1, 0.15) is 11.1 Å². The van der Waals surface area contributed by atoms with Gasteiger partial charge in [-0.2, -0.15) is 23.4 Å². The second-order valence-corrected chi connectivity index (χ2v) is 7.58. The maximum atomic E-state index is 14.4. The first kappa shape index (κ1) is 19.4. The lowest BCUT2D eigenvalue weighted by molar-refractivity contribution is -0.247. The van der Waals surface area contributed by atoms with Gasteiger partial charge < -0.3 is 9.67 Å². The molecule has 158 valence electrons. The number of fused-ring (bicyclic) bond motifs is 2. The molecule has 6 nitrogen and oxygen atoms in total. The van der Waals surface area contributed by atoms with E-state index in [4.69, 9.17) is 0 Å². The van der Waals surface area contributed by atoms with Crippen LogP contribution in [0.15, 0.2) is 67.3 Å². The highest BCUT2D eigenvalue weighted by Gasteiger charge is 2.57. The molecule has 5 aromatic rings. The van der Waals surface area contributed by atoms with Crippen LogP contribution in [0.25, 0.3) is 27.5 Å². The van der Waals surface area contributed by atoms with E-state index in [2.05, 4.69) is 10.2 Å². The molecule has 0 saturated heterocycles. The van der Waals surface area contributed by atoms with Crippen LogP contribution >= 0.6 is 0 Å². The highest BCUT2D eigenvalue weighted by atomic mass is 19.4. The van der Waals surface area contributed by atoms with Crippen molar-refractivity contribution in [3.8, 4) is 5.69 Å². The molecule has 0 spiro atoms. The summed E-state index contributed by atoms with van der Waals surface area (Å²) in [6.07, 6.45) is 1.24. The standard InChI is InChI=1S/C22H18F3N5O/c1-28-13-18(17-5-3-4-6-20(17)28)21(31,22(23,24)25)15-7-8-19-14(9-15)10-27-30(19)16-11-26-29(2)12-16/h3-13,31H,1-2H3. The summed E-state index contributed by atoms with van der Waals surface area (Å²) in [6.45, 7) is 0. The van der Waals surface area contributed by atoms with E-state index in [9.17, 15) is 18.3 Å². The number of para-hydroxylation sites is 1. The third kappa shape index (κ3) is 2.77. The van der Waals surface area contributed by atoms with Crippen molar-refractivity contribution in [1.82, 2.24) is 24.1 Å². The molecule has 0 amide bonds. The van der Waals surface area contributed by atoms with Gasteiger partial charge >= 0.3 is 6.18 Å². The molecule has 0 saturated carbocycles. The van der Waals surface area contributed by atoms with Crippen molar-refractivity contribution in [3.05, 3.63) is 78.4 Å². The second kappa shape index (κ2) is 6.45. The topological polar surface area (TPSA) is 60.8 Å². The summed E-state index contributed by atoms with van der Waals surface area (Å²) in [5.74, 6) is 0. The minimum absolute atomic E-state index is 0.211. The Labute approximate surface area is 174 Å². The molecule has 0 aliphatic carbocycles. The second-order valence-electron chi connectivity index (χ2n) is 7.58. The van der Waals surface area contributed by atoms with Crippen molar-refractivity contribution in [1.29, 1.82) is 0 Å². The predicted octanol–water partition coefficient (Wildman–Crippen LogP) is 4.05. The molecular formula is C22H18F3N5O. The average Bonchev–Trinajstić information content (AvgIpc) is 3.43. The molecule has 3 heterocycles. The molecule has 1 N–H and O–H groups in total. The Morgan fingerprint density at radius 3 is 2.39 bits per heavy atom. The largest absolute Gasteiger partial charge is 0.425 e. The number of aromatic nitrogens is 5. The number of rotatable bonds is 3. The van der Waals surface area contributed by atoms with Crippen molar-refractivity contribution in [2.75, 3.05) is 0 Å². The molecule has 9 heteroatoms. The number of benzene rings is 2. The van der Waals surface area contributed by atoms with E-state index >= 15 is 0 Å². The molecule has 1 atom stereocenters. The molecule has 2 aromatic carbocycles. The summed E-state index contributed by atoms with van der Waals surface area (Å²) in [6, 6.07) is 10.9. The highest BCUT2D eigenvalue weighted by Crippen LogP contribution is 2.47. The number of aryl methyl sites for hydroxylation is 2. The van der Waals surface area contributed by atoms with Gasteiger partial charge in [0, 0.05) is 42.1 Å². The summed E-state index contributed by atoms with van der Waals surface area (Å²) in [7, 11) is 3.42. The first-order valence-corrected chi connectivity index (χ1v) is 9.51. The lowest BCUT2D eigenvalue weighted by atomic mass is 9.85. The molecule has 31 heavy (non-hydrogen) atoms. The zero-order valence-corrected chi connectivity index (χ0v) is 16.7. The van der Waals surface area contributed by atoms with E-state index in [0.717, 1.165) is 0 Å². The zero-order chi connectivity index (χ0) is 22.0. The number of hydrogen-bond donors (Lipinski definition) is 1. The summed E-state index contributed by atoms with van der Waals surface area (Å²) < 4.78 is 48.0. The Morgan fingerprint density at radius 1 is 0.903 bits per heavy atom. The maximum Gasteiger partial charge on any atom is 0.425 e. The normalized spacial score (nSPS) is 14.4. The lowest BCUT2D eigenvalue weighted by Crippen LogP contribution is -2.43. The minimum atomic E-state index is -4.94. The van der Waals surface area contributed by atoms with Crippen molar-refractivity contribution in [2.45, 2.75) is 11.8 Å². The number of halogens is 3. The molecule has 0 radical (unpaired) electrons. The first-order valence-electron chi connectivity index (χ1n) is 9.51.